The van der Waals surface area contributed by atoms with Crippen molar-refractivity contribution in [1.82, 2.24) is 5.32 Å². The standard InChI is InChI=1S/C16H23NO3/c1-13-4-2-3-5-15(13)20-11-8-16(18)17-9-6-14-7-10-19-12-14/h2-5,14H,6-12H2,1H3,(H,17,18). The van der Waals surface area contributed by atoms with E-state index in [4.69, 9.17) is 9.47 Å². The van der Waals surface area contributed by atoms with Crippen LogP contribution in [0.2, 0.25) is 0 Å². The van der Waals surface area contributed by atoms with Gasteiger partial charge >= 0.3 is 0 Å². The molecule has 1 aliphatic heterocycles. The number of carbonyl (C=O) groups excluding carboxylic acids is 1. The normalized spacial score (nSPS) is 17.9. The van der Waals surface area contributed by atoms with Crippen molar-refractivity contribution in [3.8, 4) is 5.75 Å². The maximum atomic E-state index is 11.7. The van der Waals surface area contributed by atoms with Crippen LogP contribution in [0, 0.1) is 12.8 Å². The number of hydrogen-bond donors (Lipinski definition) is 1. The Balaban J connectivity index is 1.57. The molecule has 0 aromatic heterocycles. The van der Waals surface area contributed by atoms with Gasteiger partial charge in [0.15, 0.2) is 0 Å². The summed E-state index contributed by atoms with van der Waals surface area (Å²) >= 11 is 0. The molecule has 4 nitrogen and oxygen atoms in total. The van der Waals surface area contributed by atoms with E-state index in [9.17, 15) is 4.79 Å². The van der Waals surface area contributed by atoms with Gasteiger partial charge < -0.3 is 14.8 Å². The second kappa shape index (κ2) is 7.90. The number of benzene rings is 1. The molecule has 1 amide bonds. The van der Waals surface area contributed by atoms with Crippen LogP contribution in [0.4, 0.5) is 0 Å². The van der Waals surface area contributed by atoms with Crippen LogP contribution in [0.5, 0.6) is 5.75 Å². The van der Waals surface area contributed by atoms with E-state index < -0.39 is 0 Å². The summed E-state index contributed by atoms with van der Waals surface area (Å²) in [5.41, 5.74) is 1.09. The van der Waals surface area contributed by atoms with Gasteiger partial charge in [-0.1, -0.05) is 18.2 Å². The number of nitrogens with one attached hydrogen (secondary N) is 1. The molecule has 1 unspecified atom stereocenters. The van der Waals surface area contributed by atoms with Gasteiger partial charge in [0.05, 0.1) is 13.0 Å². The Morgan fingerprint density at radius 1 is 1.45 bits per heavy atom. The molecular weight excluding hydrogens is 254 g/mol. The van der Waals surface area contributed by atoms with Crippen LogP contribution in [-0.2, 0) is 9.53 Å². The SMILES string of the molecule is Cc1ccccc1OCCC(=O)NCCC1CCOC1. The van der Waals surface area contributed by atoms with Crippen molar-refractivity contribution in [2.45, 2.75) is 26.2 Å². The van der Waals surface area contributed by atoms with E-state index in [2.05, 4.69) is 5.32 Å². The van der Waals surface area contributed by atoms with Crippen LogP contribution in [0.3, 0.4) is 0 Å². The fourth-order valence-electron chi connectivity index (χ4n) is 2.29. The summed E-state index contributed by atoms with van der Waals surface area (Å²) in [6.07, 6.45) is 2.52. The van der Waals surface area contributed by atoms with E-state index >= 15 is 0 Å². The number of para-hydroxylation sites is 1. The molecule has 0 aliphatic carbocycles. The van der Waals surface area contributed by atoms with Crippen molar-refractivity contribution in [2.75, 3.05) is 26.4 Å². The molecule has 1 heterocycles. The average Bonchev–Trinajstić information content (AvgIpc) is 2.94. The Morgan fingerprint density at radius 2 is 2.30 bits per heavy atom. The fourth-order valence-corrected chi connectivity index (χ4v) is 2.29. The largest absolute Gasteiger partial charge is 0.493 e. The first-order valence-electron chi connectivity index (χ1n) is 7.28. The van der Waals surface area contributed by atoms with Gasteiger partial charge in [0.2, 0.25) is 5.91 Å². The summed E-state index contributed by atoms with van der Waals surface area (Å²) in [4.78, 5) is 11.7. The van der Waals surface area contributed by atoms with E-state index in [1.165, 1.54) is 0 Å². The summed E-state index contributed by atoms with van der Waals surface area (Å²) in [6.45, 7) is 4.86. The first-order chi connectivity index (χ1) is 9.75. The topological polar surface area (TPSA) is 47.6 Å². The van der Waals surface area contributed by atoms with Crippen LogP contribution in [0.25, 0.3) is 0 Å². The Kier molecular flexibility index (Phi) is 5.87. The highest BCUT2D eigenvalue weighted by atomic mass is 16.5. The highest BCUT2D eigenvalue weighted by Gasteiger charge is 2.15. The Bertz CT molecular complexity index is 427. The van der Waals surface area contributed by atoms with Crippen LogP contribution in [0.15, 0.2) is 24.3 Å². The van der Waals surface area contributed by atoms with E-state index in [1.54, 1.807) is 0 Å². The van der Waals surface area contributed by atoms with Gasteiger partial charge in [-0.05, 0) is 37.3 Å². The van der Waals surface area contributed by atoms with E-state index in [0.717, 1.165) is 43.9 Å². The average molecular weight is 277 g/mol. The van der Waals surface area contributed by atoms with Crippen LogP contribution < -0.4 is 10.1 Å². The molecule has 0 spiro atoms. The van der Waals surface area contributed by atoms with Crippen LogP contribution >= 0.6 is 0 Å². The second-order valence-corrected chi connectivity index (χ2v) is 5.23. The quantitative estimate of drug-likeness (QED) is 0.832. The van der Waals surface area contributed by atoms with Crippen molar-refractivity contribution in [2.24, 2.45) is 5.92 Å². The lowest BCUT2D eigenvalue weighted by Crippen LogP contribution is -2.27. The maximum Gasteiger partial charge on any atom is 0.223 e. The highest BCUT2D eigenvalue weighted by molar-refractivity contribution is 5.75. The highest BCUT2D eigenvalue weighted by Crippen LogP contribution is 2.16. The minimum absolute atomic E-state index is 0.0532. The van der Waals surface area contributed by atoms with Gasteiger partial charge in [-0.2, -0.15) is 0 Å². The van der Waals surface area contributed by atoms with Gasteiger partial charge in [-0.15, -0.1) is 0 Å². The molecule has 4 heteroatoms. The molecule has 1 fully saturated rings. The first-order valence-corrected chi connectivity index (χ1v) is 7.28. The smallest absolute Gasteiger partial charge is 0.223 e. The minimum Gasteiger partial charge on any atom is -0.493 e. The summed E-state index contributed by atoms with van der Waals surface area (Å²) in [7, 11) is 0. The lowest BCUT2D eigenvalue weighted by molar-refractivity contribution is -0.121. The lowest BCUT2D eigenvalue weighted by atomic mass is 10.1. The predicted octanol–water partition coefficient (Wildman–Crippen LogP) is 2.31. The summed E-state index contributed by atoms with van der Waals surface area (Å²) in [5.74, 6) is 1.51. The molecule has 110 valence electrons. The van der Waals surface area contributed by atoms with Crippen molar-refractivity contribution >= 4 is 5.91 Å². The molecule has 1 N–H and O–H groups in total. The molecule has 0 bridgehead atoms. The van der Waals surface area contributed by atoms with Gasteiger partial charge in [0.25, 0.3) is 0 Å². The van der Waals surface area contributed by atoms with E-state index in [1.807, 2.05) is 31.2 Å². The maximum absolute atomic E-state index is 11.7. The van der Waals surface area contributed by atoms with Gasteiger partial charge in [-0.3, -0.25) is 4.79 Å². The second-order valence-electron chi connectivity index (χ2n) is 5.23. The molecule has 1 atom stereocenters. The third-order valence-corrected chi connectivity index (χ3v) is 3.58. The van der Waals surface area contributed by atoms with Gasteiger partial charge in [0, 0.05) is 19.8 Å². The predicted molar refractivity (Wildman–Crippen MR) is 77.8 cm³/mol. The zero-order chi connectivity index (χ0) is 14.2. The number of hydrogen-bond acceptors (Lipinski definition) is 3. The Labute approximate surface area is 120 Å². The van der Waals surface area contributed by atoms with Crippen molar-refractivity contribution in [1.29, 1.82) is 0 Å². The van der Waals surface area contributed by atoms with E-state index in [0.29, 0.717) is 18.9 Å². The molecule has 1 saturated heterocycles. The summed E-state index contributed by atoms with van der Waals surface area (Å²) in [5, 5.41) is 2.94. The number of ether oxygens (including phenoxy) is 2. The van der Waals surface area contributed by atoms with Crippen LogP contribution in [-0.4, -0.2) is 32.3 Å². The van der Waals surface area contributed by atoms with E-state index in [-0.39, 0.29) is 5.91 Å². The third kappa shape index (κ3) is 4.85. The minimum atomic E-state index is 0.0532. The number of rotatable bonds is 7. The molecular formula is C16H23NO3. The van der Waals surface area contributed by atoms with Gasteiger partial charge in [-0.25, -0.2) is 0 Å². The van der Waals surface area contributed by atoms with Crippen molar-refractivity contribution in [3.05, 3.63) is 29.8 Å². The third-order valence-electron chi connectivity index (χ3n) is 3.58. The molecule has 0 saturated carbocycles. The molecule has 1 aliphatic rings. The number of amides is 1. The first kappa shape index (κ1) is 14.9. The monoisotopic (exact) mass is 277 g/mol. The molecule has 1 aromatic carbocycles. The number of carbonyl (C=O) groups is 1. The summed E-state index contributed by atoms with van der Waals surface area (Å²) < 4.78 is 10.9. The lowest BCUT2D eigenvalue weighted by Gasteiger charge is -2.10. The van der Waals surface area contributed by atoms with Crippen LogP contribution in [0.1, 0.15) is 24.8 Å². The zero-order valence-corrected chi connectivity index (χ0v) is 12.1. The zero-order valence-electron chi connectivity index (χ0n) is 12.1. The molecule has 20 heavy (non-hydrogen) atoms. The molecule has 1 aromatic rings. The van der Waals surface area contributed by atoms with Gasteiger partial charge in [0.1, 0.15) is 5.75 Å². The fraction of sp³-hybridized carbons (Fsp3) is 0.562. The Hall–Kier alpha value is -1.55. The Morgan fingerprint density at radius 3 is 3.05 bits per heavy atom. The number of aryl methyl sites for hydroxylation is 1. The van der Waals surface area contributed by atoms with Crippen molar-refractivity contribution < 1.29 is 14.3 Å². The molecule has 0 radical (unpaired) electrons. The molecule has 2 rings (SSSR count). The van der Waals surface area contributed by atoms with Crippen molar-refractivity contribution in [3.63, 3.8) is 0 Å². The summed E-state index contributed by atoms with van der Waals surface area (Å²) in [6, 6.07) is 7.83.